The molecule has 0 aliphatic carbocycles. The van der Waals surface area contributed by atoms with E-state index in [1.165, 1.54) is 103 Å². The van der Waals surface area contributed by atoms with Crippen molar-refractivity contribution in [1.82, 2.24) is 0 Å². The van der Waals surface area contributed by atoms with E-state index in [1.54, 1.807) is 0 Å². The van der Waals surface area contributed by atoms with Crippen molar-refractivity contribution in [2.75, 3.05) is 39.6 Å². The Kier molecular flexibility index (Phi) is 79.6. The first-order valence-electron chi connectivity index (χ1n) is 42.7. The minimum absolute atomic E-state index is 0.0319. The van der Waals surface area contributed by atoms with Crippen LogP contribution in [-0.2, 0) is 55.8 Å². The molecule has 4 N–H and O–H groups in total. The van der Waals surface area contributed by atoms with Crippen molar-refractivity contribution in [3.63, 3.8) is 0 Å². The Morgan fingerprint density at radius 3 is 0.793 bits per heavy atom. The standard InChI is InChI=1S/C93H152O16P2/c1-4-7-10-13-16-19-22-25-28-31-34-36-38-40-41-42-43-44-45-47-49-50-53-55-58-61-64-67-70-73-76-79-91(96)103-82-88(94)83-105-110(99,100)106-84-89(95)85-107-111(101,102)108-87-90(109-93(98)81-78-75-72-69-66-63-60-57-52-33-30-27-24-21-18-15-12-9-6-3)86-104-92(97)80-77-74-71-68-65-62-59-56-54-51-48-46-39-37-35-32-29-26-23-20-17-14-11-8-5-2/h8-9,11-12,16-21,25-30,34-37,40-41,46,48,52,54,56-57,63,66,72,75,88-90,94-95H,4-7,10,13-15,22-24,31-33,38-39,42-45,47,49-51,53,55,58-62,64-65,67-71,73-74,76-87H2,1-3H3,(H,99,100)(H,101,102)/b11-8-,12-9-,19-16-,20-17-,21-18-,28-25-,29-26-,30-27-,36-34-,37-35-,41-40-,48-46-,56-54-,57-52-,66-63-,75-72-. The molecule has 0 saturated heterocycles. The molecule has 0 saturated carbocycles. The molecule has 18 heteroatoms. The number of carbonyl (C=O) groups is 3. The molecule has 16 nitrogen and oxygen atoms in total. The Labute approximate surface area is 674 Å². The van der Waals surface area contributed by atoms with Crippen molar-refractivity contribution in [2.24, 2.45) is 0 Å². The average molecular weight is 1590 g/mol. The summed E-state index contributed by atoms with van der Waals surface area (Å²) in [7, 11) is -9.84. The predicted molar refractivity (Wildman–Crippen MR) is 463 cm³/mol. The molecule has 0 bridgehead atoms. The fourth-order valence-electron chi connectivity index (χ4n) is 10.9. The van der Waals surface area contributed by atoms with Crippen LogP contribution in [0.1, 0.15) is 316 Å². The fourth-order valence-corrected chi connectivity index (χ4v) is 12.5. The zero-order valence-corrected chi connectivity index (χ0v) is 70.8. The maximum Gasteiger partial charge on any atom is 0.472 e. The van der Waals surface area contributed by atoms with Gasteiger partial charge in [0.05, 0.1) is 26.4 Å². The number of aliphatic hydroxyl groups is 2. The molecule has 0 rings (SSSR count). The van der Waals surface area contributed by atoms with E-state index in [0.717, 1.165) is 148 Å². The second-order valence-corrected chi connectivity index (χ2v) is 30.8. The number of hydrogen-bond donors (Lipinski definition) is 4. The van der Waals surface area contributed by atoms with Crippen LogP contribution in [0.15, 0.2) is 194 Å². The number of esters is 3. The van der Waals surface area contributed by atoms with E-state index in [4.69, 9.17) is 32.3 Å². The molecular formula is C93H152O16P2. The maximum absolute atomic E-state index is 13.0. The molecule has 111 heavy (non-hydrogen) atoms. The summed E-state index contributed by atoms with van der Waals surface area (Å²) < 4.78 is 61.2. The number of aliphatic hydroxyl groups excluding tert-OH is 2. The monoisotopic (exact) mass is 1590 g/mol. The molecule has 0 amide bonds. The molecule has 0 radical (unpaired) electrons. The number of phosphoric acid groups is 2. The van der Waals surface area contributed by atoms with Crippen LogP contribution >= 0.6 is 15.6 Å². The largest absolute Gasteiger partial charge is 0.472 e. The Morgan fingerprint density at radius 2 is 0.495 bits per heavy atom. The SMILES string of the molecule is CC/C=C\C/C=C\C/C=C\C/C=C\C/C=C\C/C=C\CCCCCCCCC(=O)OCC(COP(=O)(O)OCC(O)COP(=O)(O)OCC(O)COC(=O)CCCCCCCCCCCCCCCCC/C=C\C/C=C\C/C=C\C/C=C\CCCCC)OC(=O)CC/C=C\C/C=C\C/C=C\C/C=C\C/C=C\C/C=C\CC. The van der Waals surface area contributed by atoms with Gasteiger partial charge in [-0.25, -0.2) is 9.13 Å². The van der Waals surface area contributed by atoms with E-state index in [2.05, 4.69) is 197 Å². The second-order valence-electron chi connectivity index (χ2n) is 27.9. The fraction of sp³-hybridized carbons (Fsp3) is 0.624. The lowest BCUT2D eigenvalue weighted by Crippen LogP contribution is -2.29. The van der Waals surface area contributed by atoms with Crippen LogP contribution in [0.25, 0.3) is 0 Å². The van der Waals surface area contributed by atoms with E-state index in [-0.39, 0.29) is 19.3 Å². The van der Waals surface area contributed by atoms with Crippen LogP contribution < -0.4 is 0 Å². The number of unbranched alkanes of at least 4 members (excludes halogenated alkanes) is 24. The van der Waals surface area contributed by atoms with Gasteiger partial charge < -0.3 is 34.2 Å². The number of phosphoric ester groups is 2. The Morgan fingerprint density at radius 1 is 0.261 bits per heavy atom. The van der Waals surface area contributed by atoms with Crippen molar-refractivity contribution in [1.29, 1.82) is 0 Å². The molecule has 0 heterocycles. The van der Waals surface area contributed by atoms with Gasteiger partial charge >= 0.3 is 33.6 Å². The van der Waals surface area contributed by atoms with Gasteiger partial charge in [0.1, 0.15) is 25.4 Å². The molecule has 0 aromatic carbocycles. The van der Waals surface area contributed by atoms with E-state index in [1.807, 2.05) is 18.2 Å². The van der Waals surface area contributed by atoms with Gasteiger partial charge in [0.2, 0.25) is 0 Å². The molecule has 0 aromatic heterocycles. The number of rotatable bonds is 79. The van der Waals surface area contributed by atoms with Gasteiger partial charge in [-0.1, -0.05) is 337 Å². The normalized spacial score (nSPS) is 14.8. The van der Waals surface area contributed by atoms with E-state index in [9.17, 15) is 43.5 Å². The van der Waals surface area contributed by atoms with Crippen LogP contribution in [0.4, 0.5) is 0 Å². The van der Waals surface area contributed by atoms with Gasteiger partial charge in [0, 0.05) is 19.3 Å². The minimum atomic E-state index is -4.97. The zero-order chi connectivity index (χ0) is 80.8. The lowest BCUT2D eigenvalue weighted by Gasteiger charge is -2.21. The van der Waals surface area contributed by atoms with Crippen LogP contribution in [0.5, 0.6) is 0 Å². The smallest absolute Gasteiger partial charge is 0.463 e. The lowest BCUT2D eigenvalue weighted by atomic mass is 10.0. The summed E-state index contributed by atoms with van der Waals surface area (Å²) in [6, 6.07) is 0. The number of carbonyl (C=O) groups excluding carboxylic acids is 3. The summed E-state index contributed by atoms with van der Waals surface area (Å²) in [6.07, 6.45) is 111. The number of allylic oxidation sites excluding steroid dienone is 32. The molecule has 0 aliphatic rings. The van der Waals surface area contributed by atoms with Gasteiger partial charge in [-0.2, -0.15) is 0 Å². The van der Waals surface area contributed by atoms with Gasteiger partial charge in [0.25, 0.3) is 0 Å². The Bertz CT molecular complexity index is 2800. The summed E-state index contributed by atoms with van der Waals surface area (Å²) in [4.78, 5) is 58.8. The quantitative estimate of drug-likeness (QED) is 0.0146. The van der Waals surface area contributed by atoms with Gasteiger partial charge in [-0.05, 0) is 154 Å². The third-order valence-corrected chi connectivity index (χ3v) is 19.2. The van der Waals surface area contributed by atoms with E-state index >= 15 is 0 Å². The highest BCUT2D eigenvalue weighted by Gasteiger charge is 2.29. The third kappa shape index (κ3) is 85.1. The van der Waals surface area contributed by atoms with Crippen LogP contribution in [-0.4, -0.2) is 95.9 Å². The minimum Gasteiger partial charge on any atom is -0.463 e. The van der Waals surface area contributed by atoms with Crippen LogP contribution in [0.3, 0.4) is 0 Å². The average Bonchev–Trinajstić information content (AvgIpc) is 0.902. The molecule has 0 spiro atoms. The van der Waals surface area contributed by atoms with Crippen molar-refractivity contribution in [3.05, 3.63) is 194 Å². The Balaban J connectivity index is 4.65. The second kappa shape index (κ2) is 83.8. The van der Waals surface area contributed by atoms with Crippen LogP contribution in [0.2, 0.25) is 0 Å². The molecule has 630 valence electrons. The van der Waals surface area contributed by atoms with Gasteiger partial charge in [-0.3, -0.25) is 32.5 Å². The molecule has 0 fully saturated rings. The molecule has 5 atom stereocenters. The molecule has 5 unspecified atom stereocenters. The summed E-state index contributed by atoms with van der Waals surface area (Å²) in [6.45, 7) is 2.31. The lowest BCUT2D eigenvalue weighted by molar-refractivity contribution is -0.161. The zero-order valence-electron chi connectivity index (χ0n) is 69.1. The Hall–Kier alpha value is -5.61. The van der Waals surface area contributed by atoms with E-state index < -0.39 is 91.5 Å². The number of hydrogen-bond acceptors (Lipinski definition) is 14. The molecule has 0 aromatic rings. The highest BCUT2D eigenvalue weighted by atomic mass is 31.2. The van der Waals surface area contributed by atoms with Crippen molar-refractivity contribution in [3.8, 4) is 0 Å². The van der Waals surface area contributed by atoms with Gasteiger partial charge in [-0.15, -0.1) is 0 Å². The van der Waals surface area contributed by atoms with Crippen molar-refractivity contribution in [2.45, 2.75) is 334 Å². The molecule has 0 aliphatic heterocycles. The van der Waals surface area contributed by atoms with Crippen molar-refractivity contribution >= 4 is 33.6 Å². The first-order chi connectivity index (χ1) is 54.2. The highest BCUT2D eigenvalue weighted by molar-refractivity contribution is 7.47. The third-order valence-electron chi connectivity index (χ3n) is 17.3. The highest BCUT2D eigenvalue weighted by Crippen LogP contribution is 2.45. The summed E-state index contributed by atoms with van der Waals surface area (Å²) in [5, 5.41) is 20.7. The first-order valence-corrected chi connectivity index (χ1v) is 45.7. The summed E-state index contributed by atoms with van der Waals surface area (Å²) >= 11 is 0. The van der Waals surface area contributed by atoms with Crippen LogP contribution in [0, 0.1) is 0 Å². The van der Waals surface area contributed by atoms with Crippen molar-refractivity contribution < 1.29 is 75.8 Å². The maximum atomic E-state index is 13.0. The first kappa shape index (κ1) is 105. The molecular weight excluding hydrogens is 1430 g/mol. The predicted octanol–water partition coefficient (Wildman–Crippen LogP) is 25.9. The van der Waals surface area contributed by atoms with E-state index in [0.29, 0.717) is 25.7 Å². The topological polar surface area (TPSA) is 231 Å². The number of ether oxygens (including phenoxy) is 3. The summed E-state index contributed by atoms with van der Waals surface area (Å²) in [5.74, 6) is -1.70. The summed E-state index contributed by atoms with van der Waals surface area (Å²) in [5.41, 5.74) is 0. The van der Waals surface area contributed by atoms with Gasteiger partial charge in [0.15, 0.2) is 6.10 Å².